The van der Waals surface area contributed by atoms with Crippen LogP contribution in [-0.2, 0) is 14.4 Å². The van der Waals surface area contributed by atoms with E-state index >= 15 is 0 Å². The summed E-state index contributed by atoms with van der Waals surface area (Å²) in [6.45, 7) is 4.41. The normalized spacial score (nSPS) is 18.7. The fraction of sp³-hybridized carbons (Fsp3) is 0.382. The van der Waals surface area contributed by atoms with Gasteiger partial charge in [0.2, 0.25) is 0 Å². The van der Waals surface area contributed by atoms with Gasteiger partial charge in [0.1, 0.15) is 29.1 Å². The van der Waals surface area contributed by atoms with Crippen molar-refractivity contribution >= 4 is 69.5 Å². The van der Waals surface area contributed by atoms with E-state index in [2.05, 4.69) is 60.0 Å². The quantitative estimate of drug-likeness (QED) is 0.270. The molecule has 0 saturated carbocycles. The van der Waals surface area contributed by atoms with Crippen LogP contribution in [0.5, 0.6) is 23.0 Å². The zero-order valence-electron chi connectivity index (χ0n) is 27.4. The number of aliphatic hydroxyl groups excluding tert-OH is 1. The third-order valence-electron chi connectivity index (χ3n) is 7.96. The van der Waals surface area contributed by atoms with E-state index in [1.165, 1.54) is 0 Å². The number of carbonyl (C=O) groups excluding carboxylic acids is 3. The standard InChI is InChI=1S/C13H17N2O3P.C8H6BrNO2.C8H7NO2.C5H12NOP/c16-13-8-17-12-2-1-10(7-11(12)14-13)18-9-3-5-15(19)6-4-9;9-5-1-2-7-6(3-5)10-8(11)4-12-7;10-8-5-11-7-4-2-1-3-6(7)9-8;7-5-1-3-6(8)4-2-5/h1-2,7,9H,3-6,8,19H2,(H,14,16);1-3H,4H2,(H,10,11);1-4H,5H2,(H,9,10);5,7H,1-4,8H2. The first kappa shape index (κ1) is 37.7. The summed E-state index contributed by atoms with van der Waals surface area (Å²) in [6, 6.07) is 18.4. The Morgan fingerprint density at radius 2 is 1.14 bits per heavy atom. The van der Waals surface area contributed by atoms with E-state index in [0.29, 0.717) is 11.4 Å². The summed E-state index contributed by atoms with van der Waals surface area (Å²) in [7, 11) is 5.37. The molecule has 3 aromatic carbocycles. The zero-order chi connectivity index (χ0) is 35.5. The molecule has 0 aromatic heterocycles. The number of rotatable bonds is 2. The molecule has 3 aromatic rings. The van der Waals surface area contributed by atoms with Crippen molar-refractivity contribution in [3.8, 4) is 23.0 Å². The van der Waals surface area contributed by atoms with E-state index in [9.17, 15) is 14.4 Å². The molecule has 5 aliphatic heterocycles. The minimum Gasteiger partial charge on any atom is -0.490 e. The van der Waals surface area contributed by atoms with Crippen molar-refractivity contribution in [3.63, 3.8) is 0 Å². The van der Waals surface area contributed by atoms with Crippen molar-refractivity contribution in [1.82, 2.24) is 9.34 Å². The molecule has 5 aliphatic rings. The van der Waals surface area contributed by atoms with Gasteiger partial charge >= 0.3 is 0 Å². The van der Waals surface area contributed by atoms with Crippen LogP contribution in [0.15, 0.2) is 65.1 Å². The molecule has 2 atom stereocenters. The van der Waals surface area contributed by atoms with Gasteiger partial charge in [0.05, 0.1) is 23.2 Å². The van der Waals surface area contributed by atoms with E-state index in [4.69, 9.17) is 24.1 Å². The van der Waals surface area contributed by atoms with Gasteiger partial charge in [-0.3, -0.25) is 23.7 Å². The number of nitrogens with one attached hydrogen (secondary N) is 3. The lowest BCUT2D eigenvalue weighted by Crippen LogP contribution is -2.32. The number of fused-ring (bicyclic) bond motifs is 3. The van der Waals surface area contributed by atoms with Gasteiger partial charge < -0.3 is 40.0 Å². The predicted octanol–water partition coefficient (Wildman–Crippen LogP) is 4.68. The highest BCUT2D eigenvalue weighted by Gasteiger charge is 2.21. The summed E-state index contributed by atoms with van der Waals surface area (Å²) in [5.74, 6) is 2.62. The summed E-state index contributed by atoms with van der Waals surface area (Å²) >= 11 is 3.30. The number of halogens is 1. The number of ether oxygens (including phenoxy) is 4. The Bertz CT molecular complexity index is 1630. The molecule has 4 N–H and O–H groups in total. The number of carbonyl (C=O) groups is 3. The molecular weight excluding hydrogens is 748 g/mol. The smallest absolute Gasteiger partial charge is 0.262 e. The number of piperidine rings is 2. The average Bonchev–Trinajstić information content (AvgIpc) is 3.11. The summed E-state index contributed by atoms with van der Waals surface area (Å²) in [6.07, 6.45) is 4.11. The maximum absolute atomic E-state index is 11.3. The van der Waals surface area contributed by atoms with Crippen LogP contribution in [0.25, 0.3) is 0 Å². The highest BCUT2D eigenvalue weighted by atomic mass is 79.9. The van der Waals surface area contributed by atoms with Gasteiger partial charge in [-0.05, 0) is 68.1 Å². The second-order valence-corrected chi connectivity index (χ2v) is 14.3. The van der Waals surface area contributed by atoms with Gasteiger partial charge in [0.15, 0.2) is 19.8 Å². The number of hydrogen-bond donors (Lipinski definition) is 4. The molecule has 268 valence electrons. The second-order valence-electron chi connectivity index (χ2n) is 11.9. The molecule has 8 rings (SSSR count). The van der Waals surface area contributed by atoms with Crippen LogP contribution in [0.1, 0.15) is 25.7 Å². The number of benzene rings is 3. The Hall–Kier alpha value is -3.51. The van der Waals surface area contributed by atoms with Crippen molar-refractivity contribution < 1.29 is 38.4 Å². The third kappa shape index (κ3) is 11.8. The van der Waals surface area contributed by atoms with E-state index in [1.807, 2.05) is 60.7 Å². The van der Waals surface area contributed by atoms with Crippen LogP contribution in [0, 0.1) is 0 Å². The fourth-order valence-corrected chi connectivity index (χ4v) is 6.25. The minimum absolute atomic E-state index is 0.0354. The molecule has 2 fully saturated rings. The highest BCUT2D eigenvalue weighted by molar-refractivity contribution is 9.10. The number of amides is 3. The predicted molar refractivity (Wildman–Crippen MR) is 201 cm³/mol. The Kier molecular flexibility index (Phi) is 14.1. The van der Waals surface area contributed by atoms with Crippen molar-refractivity contribution in [2.75, 3.05) is 62.0 Å². The summed E-state index contributed by atoms with van der Waals surface area (Å²) in [5.41, 5.74) is 2.17. The summed E-state index contributed by atoms with van der Waals surface area (Å²) in [4.78, 5) is 33.0. The van der Waals surface area contributed by atoms with Crippen LogP contribution in [0.3, 0.4) is 0 Å². The van der Waals surface area contributed by atoms with E-state index in [-0.39, 0.29) is 49.8 Å². The maximum Gasteiger partial charge on any atom is 0.262 e. The van der Waals surface area contributed by atoms with E-state index < -0.39 is 0 Å². The van der Waals surface area contributed by atoms with Crippen molar-refractivity contribution in [3.05, 3.63) is 65.1 Å². The molecule has 0 spiro atoms. The van der Waals surface area contributed by atoms with Gasteiger partial charge in [0, 0.05) is 36.7 Å². The van der Waals surface area contributed by atoms with Crippen LogP contribution >= 0.6 is 34.7 Å². The second kappa shape index (κ2) is 18.6. The lowest BCUT2D eigenvalue weighted by atomic mass is 10.1. The van der Waals surface area contributed by atoms with Crippen LogP contribution in [-0.4, -0.2) is 90.4 Å². The fourth-order valence-electron chi connectivity index (χ4n) is 5.29. The number of aliphatic hydroxyl groups is 1. The van der Waals surface area contributed by atoms with Crippen molar-refractivity contribution in [2.24, 2.45) is 0 Å². The Balaban J connectivity index is 0.000000137. The minimum atomic E-state index is -0.124. The first-order valence-electron chi connectivity index (χ1n) is 16.3. The zero-order valence-corrected chi connectivity index (χ0v) is 31.3. The molecule has 13 nitrogen and oxygen atoms in total. The summed E-state index contributed by atoms with van der Waals surface area (Å²) < 4.78 is 26.9. The van der Waals surface area contributed by atoms with E-state index in [1.54, 1.807) is 0 Å². The average molecular weight is 791 g/mol. The summed E-state index contributed by atoms with van der Waals surface area (Å²) in [5, 5.41) is 17.2. The topological polar surface area (TPSA) is 151 Å². The van der Waals surface area contributed by atoms with Gasteiger partial charge in [-0.1, -0.05) is 46.8 Å². The lowest BCUT2D eigenvalue weighted by Gasteiger charge is -2.29. The molecular formula is C34H42BrN5O8P2. The number of nitrogens with zero attached hydrogens (tertiary/aromatic N) is 2. The van der Waals surface area contributed by atoms with Gasteiger partial charge in [-0.15, -0.1) is 0 Å². The Morgan fingerprint density at radius 3 is 1.72 bits per heavy atom. The monoisotopic (exact) mass is 789 g/mol. The molecule has 0 bridgehead atoms. The molecule has 2 saturated heterocycles. The highest BCUT2D eigenvalue weighted by Crippen LogP contribution is 2.33. The first-order valence-corrected chi connectivity index (χ1v) is 18.1. The molecule has 0 aliphatic carbocycles. The molecule has 2 unspecified atom stereocenters. The van der Waals surface area contributed by atoms with Crippen molar-refractivity contribution in [2.45, 2.75) is 37.9 Å². The van der Waals surface area contributed by atoms with Gasteiger partial charge in [-0.25, -0.2) is 0 Å². The lowest BCUT2D eigenvalue weighted by molar-refractivity contribution is -0.119. The van der Waals surface area contributed by atoms with Crippen molar-refractivity contribution in [1.29, 1.82) is 0 Å². The van der Waals surface area contributed by atoms with Gasteiger partial charge in [0.25, 0.3) is 17.7 Å². The molecule has 0 radical (unpaired) electrons. The van der Waals surface area contributed by atoms with Crippen LogP contribution < -0.4 is 34.9 Å². The third-order valence-corrected chi connectivity index (χ3v) is 9.48. The SMILES string of the molecule is O=C1COc2ccc(Br)cc2N1.O=C1COc2ccc(OC3CCN(P)CC3)cc2N1.O=C1COc2ccccc2N1.OC1CCN(P)CC1. The van der Waals surface area contributed by atoms with Crippen LogP contribution in [0.4, 0.5) is 17.1 Å². The largest absolute Gasteiger partial charge is 0.490 e. The maximum atomic E-state index is 11.3. The number of para-hydroxylation sites is 2. The Morgan fingerprint density at radius 1 is 0.660 bits per heavy atom. The molecule has 16 heteroatoms. The first-order chi connectivity index (χ1) is 24.1. The number of anilines is 3. The van der Waals surface area contributed by atoms with E-state index in [0.717, 1.165) is 85.0 Å². The Labute approximate surface area is 304 Å². The number of hydrogen-bond acceptors (Lipinski definition) is 10. The van der Waals surface area contributed by atoms with Crippen LogP contribution in [0.2, 0.25) is 0 Å². The van der Waals surface area contributed by atoms with Gasteiger partial charge in [-0.2, -0.15) is 0 Å². The molecule has 5 heterocycles. The molecule has 3 amide bonds. The molecule has 50 heavy (non-hydrogen) atoms.